The second-order valence-electron chi connectivity index (χ2n) is 9.22. The molecule has 1 aromatic heterocycles. The van der Waals surface area contributed by atoms with Crippen molar-refractivity contribution in [3.05, 3.63) is 46.8 Å². The van der Waals surface area contributed by atoms with E-state index in [1.807, 2.05) is 57.2 Å². The van der Waals surface area contributed by atoms with Crippen molar-refractivity contribution in [2.75, 3.05) is 6.54 Å². The summed E-state index contributed by atoms with van der Waals surface area (Å²) in [5, 5.41) is 2.74. The molecule has 0 aliphatic carbocycles. The largest absolute Gasteiger partial charge is 0.666 e. The molecule has 32 heavy (non-hydrogen) atoms. The Morgan fingerprint density at radius 2 is 1.94 bits per heavy atom. The topological polar surface area (TPSA) is 86.1 Å². The zero-order valence-corrected chi connectivity index (χ0v) is 23.7. The molecule has 1 aliphatic heterocycles. The summed E-state index contributed by atoms with van der Waals surface area (Å²) in [4.78, 5) is 29.6. The first-order valence-corrected chi connectivity index (χ1v) is 11.7. The number of thiazole rings is 1. The third-order valence-corrected chi connectivity index (χ3v) is 6.66. The van der Waals surface area contributed by atoms with Gasteiger partial charge in [-0.2, -0.15) is 0 Å². The Bertz CT molecular complexity index is 860. The van der Waals surface area contributed by atoms with E-state index in [1.165, 1.54) is 10.4 Å². The van der Waals surface area contributed by atoms with E-state index in [4.69, 9.17) is 5.73 Å². The number of rotatable bonds is 5. The molecule has 173 valence electrons. The summed E-state index contributed by atoms with van der Waals surface area (Å²) < 4.78 is 0. The molecule has 3 unspecified atom stereocenters. The maximum Gasteiger partial charge on any atom is 0.207 e. The summed E-state index contributed by atoms with van der Waals surface area (Å²) in [5.41, 5.74) is 12.8. The minimum Gasteiger partial charge on any atom is -0.666 e. The van der Waals surface area contributed by atoms with Crippen LogP contribution in [0.1, 0.15) is 64.8 Å². The summed E-state index contributed by atoms with van der Waals surface area (Å²) in [7, 11) is 0. The molecule has 0 spiro atoms. The van der Waals surface area contributed by atoms with Crippen molar-refractivity contribution >= 4 is 23.7 Å². The van der Waals surface area contributed by atoms with Crippen LogP contribution >= 0.6 is 11.3 Å². The van der Waals surface area contributed by atoms with E-state index >= 15 is 0 Å². The first-order chi connectivity index (χ1) is 14.6. The second kappa shape index (κ2) is 12.9. The molecule has 1 fully saturated rings. The molecular formula is C24H35N4O2SY-. The van der Waals surface area contributed by atoms with Crippen LogP contribution in [0, 0.1) is 12.3 Å². The molecule has 1 saturated heterocycles. The van der Waals surface area contributed by atoms with Gasteiger partial charge in [-0.1, -0.05) is 51.1 Å². The summed E-state index contributed by atoms with van der Waals surface area (Å²) in [6.07, 6.45) is 2.90. The summed E-state index contributed by atoms with van der Waals surface area (Å²) in [6, 6.07) is 7.97. The summed E-state index contributed by atoms with van der Waals surface area (Å²) in [5.74, 6) is 0.00231. The van der Waals surface area contributed by atoms with Crippen molar-refractivity contribution in [1.29, 1.82) is 0 Å². The predicted octanol–water partition coefficient (Wildman–Crippen LogP) is 5.39. The van der Waals surface area contributed by atoms with Crippen molar-refractivity contribution in [2.24, 2.45) is 5.41 Å². The fraction of sp³-hybridized carbons (Fsp3) is 0.542. The minimum absolute atomic E-state index is 0. The monoisotopic (exact) mass is 532 g/mol. The first-order valence-electron chi connectivity index (χ1n) is 10.8. The summed E-state index contributed by atoms with van der Waals surface area (Å²) in [6.45, 7) is 12.7. The van der Waals surface area contributed by atoms with Gasteiger partial charge in [0.05, 0.1) is 22.1 Å². The van der Waals surface area contributed by atoms with Gasteiger partial charge in [0.25, 0.3) is 0 Å². The smallest absolute Gasteiger partial charge is 0.207 e. The van der Waals surface area contributed by atoms with Crippen LogP contribution in [0.15, 0.2) is 29.8 Å². The van der Waals surface area contributed by atoms with E-state index in [0.29, 0.717) is 6.04 Å². The Hall–Kier alpha value is -1.15. The predicted molar refractivity (Wildman–Crippen MR) is 128 cm³/mol. The van der Waals surface area contributed by atoms with E-state index in [0.717, 1.165) is 37.1 Å². The van der Waals surface area contributed by atoms with Crippen molar-refractivity contribution < 1.29 is 42.3 Å². The Balaban J connectivity index is 0.000000316. The molecule has 6 nitrogen and oxygen atoms in total. The van der Waals surface area contributed by atoms with Crippen molar-refractivity contribution in [3.8, 4) is 10.4 Å². The molecule has 3 rings (SSSR count). The number of aryl methyl sites for hydroxylation is 1. The van der Waals surface area contributed by atoms with E-state index in [-0.39, 0.29) is 50.1 Å². The molecule has 8 heteroatoms. The van der Waals surface area contributed by atoms with Crippen molar-refractivity contribution in [3.63, 3.8) is 0 Å². The van der Waals surface area contributed by atoms with Gasteiger partial charge in [0.1, 0.15) is 0 Å². The fourth-order valence-corrected chi connectivity index (χ4v) is 4.31. The number of benzene rings is 1. The third-order valence-electron chi connectivity index (χ3n) is 5.69. The second-order valence-corrected chi connectivity index (χ2v) is 10.1. The third kappa shape index (κ3) is 7.72. The SMILES string of the molecule is CC1CCCN1C(=O)C([NH-])C(C)(C)C.Cc1ncsc1-c1ccc(C(C)NC=O)cc1.[Y]. The Labute approximate surface area is 221 Å². The number of nitrogens with one attached hydrogen (secondary N) is 2. The molecule has 1 radical (unpaired) electrons. The van der Waals surface area contributed by atoms with Gasteiger partial charge in [0, 0.05) is 45.3 Å². The van der Waals surface area contributed by atoms with Gasteiger partial charge in [-0.15, -0.1) is 11.3 Å². The minimum atomic E-state index is -0.622. The first kappa shape index (κ1) is 28.9. The van der Waals surface area contributed by atoms with Crippen LogP contribution in [0.3, 0.4) is 0 Å². The van der Waals surface area contributed by atoms with E-state index < -0.39 is 6.04 Å². The Morgan fingerprint density at radius 1 is 1.31 bits per heavy atom. The summed E-state index contributed by atoms with van der Waals surface area (Å²) >= 11 is 1.64. The number of hydrogen-bond acceptors (Lipinski definition) is 4. The van der Waals surface area contributed by atoms with Gasteiger partial charge in [-0.3, -0.25) is 9.59 Å². The molecule has 1 aliphatic rings. The zero-order valence-electron chi connectivity index (χ0n) is 20.0. The fourth-order valence-electron chi connectivity index (χ4n) is 3.50. The van der Waals surface area contributed by atoms with Gasteiger partial charge in [-0.05, 0) is 50.2 Å². The molecule has 3 atom stereocenters. The number of nitrogens with zero attached hydrogens (tertiary/aromatic N) is 2. The van der Waals surface area contributed by atoms with Crippen molar-refractivity contribution in [2.45, 2.75) is 72.5 Å². The molecule has 2 heterocycles. The molecule has 0 bridgehead atoms. The van der Waals surface area contributed by atoms with Gasteiger partial charge in [0.2, 0.25) is 12.3 Å². The number of carbonyl (C=O) groups is 2. The molecule has 0 saturated carbocycles. The van der Waals surface area contributed by atoms with Crippen LogP contribution in [-0.2, 0) is 42.3 Å². The van der Waals surface area contributed by atoms with Gasteiger partial charge in [0.15, 0.2) is 0 Å². The van der Waals surface area contributed by atoms with E-state index in [1.54, 1.807) is 11.3 Å². The number of aromatic nitrogens is 1. The number of carbonyl (C=O) groups excluding carboxylic acids is 2. The van der Waals surface area contributed by atoms with Crippen LogP contribution in [0.2, 0.25) is 0 Å². The Kier molecular flexibility index (Phi) is 11.7. The van der Waals surface area contributed by atoms with Crippen LogP contribution < -0.4 is 5.32 Å². The normalized spacial score (nSPS) is 17.5. The average molecular weight is 533 g/mol. The maximum absolute atomic E-state index is 11.9. The van der Waals surface area contributed by atoms with E-state index in [2.05, 4.69) is 29.4 Å². The molecule has 2 aromatic rings. The molecular weight excluding hydrogens is 497 g/mol. The zero-order chi connectivity index (χ0) is 23.2. The van der Waals surface area contributed by atoms with Crippen LogP contribution in [0.4, 0.5) is 0 Å². The van der Waals surface area contributed by atoms with Crippen LogP contribution in [-0.4, -0.2) is 40.8 Å². The maximum atomic E-state index is 11.9. The van der Waals surface area contributed by atoms with Gasteiger partial charge < -0.3 is 16.0 Å². The van der Waals surface area contributed by atoms with Crippen molar-refractivity contribution in [1.82, 2.24) is 15.2 Å². The number of amides is 2. The van der Waals surface area contributed by atoms with E-state index in [9.17, 15) is 9.59 Å². The quantitative estimate of drug-likeness (QED) is 0.524. The standard InChI is InChI=1S/C13H14N2OS.C11H21N2O.Y/c1-9(14-7-16)11-3-5-12(6-4-11)13-10(2)15-8-17-13;1-8-6-5-7-13(8)10(14)9(12)11(2,3)4;/h3-9H,1-2H3,(H,14,16);8-9,12H,5-7H2,1-4H3;/q;-1;. The van der Waals surface area contributed by atoms with Crippen LogP contribution in [0.25, 0.3) is 16.2 Å². The Morgan fingerprint density at radius 3 is 2.38 bits per heavy atom. The molecule has 1 aromatic carbocycles. The number of hydrogen-bond donors (Lipinski definition) is 1. The van der Waals surface area contributed by atoms with Gasteiger partial charge >= 0.3 is 0 Å². The molecule has 2 N–H and O–H groups in total. The average Bonchev–Trinajstić information content (AvgIpc) is 3.35. The number of likely N-dealkylation sites (tertiary alicyclic amines) is 1. The molecule has 2 amide bonds. The van der Waals surface area contributed by atoms with Crippen LogP contribution in [0.5, 0.6) is 0 Å². The van der Waals surface area contributed by atoms with Gasteiger partial charge in [-0.25, -0.2) is 4.98 Å².